The minimum Gasteiger partial charge on any atom is -0.0654 e. The van der Waals surface area contributed by atoms with E-state index in [-0.39, 0.29) is 0 Å². The quantitative estimate of drug-likeness (QED) is 0.373. The zero-order valence-corrected chi connectivity index (χ0v) is 12.7. The zero-order chi connectivity index (χ0) is 13.6. The molecule has 0 spiro atoms. The van der Waals surface area contributed by atoms with Crippen molar-refractivity contribution in [2.75, 3.05) is 0 Å². The summed E-state index contributed by atoms with van der Waals surface area (Å²) in [5.74, 6) is 0. The van der Waals surface area contributed by atoms with Crippen molar-refractivity contribution in [1.29, 1.82) is 0 Å². The molecule has 0 aromatic heterocycles. The molecular formula is C19H31. The zero-order valence-electron chi connectivity index (χ0n) is 12.7. The molecule has 1 aromatic rings. The largest absolute Gasteiger partial charge is 0.0654 e. The Morgan fingerprint density at radius 1 is 0.684 bits per heavy atom. The van der Waals surface area contributed by atoms with Crippen molar-refractivity contribution in [1.82, 2.24) is 0 Å². The van der Waals surface area contributed by atoms with E-state index in [1.807, 2.05) is 0 Å². The van der Waals surface area contributed by atoms with E-state index < -0.39 is 0 Å². The van der Waals surface area contributed by atoms with Gasteiger partial charge in [-0.1, -0.05) is 101 Å². The number of hydrogen-bond donors (Lipinski definition) is 0. The van der Waals surface area contributed by atoms with Gasteiger partial charge < -0.3 is 0 Å². The van der Waals surface area contributed by atoms with Crippen LogP contribution >= 0.6 is 0 Å². The van der Waals surface area contributed by atoms with Crippen LogP contribution in [0.15, 0.2) is 30.3 Å². The lowest BCUT2D eigenvalue weighted by atomic mass is 10.0. The second kappa shape index (κ2) is 12.3. The second-order valence-electron chi connectivity index (χ2n) is 5.59. The highest BCUT2D eigenvalue weighted by Crippen LogP contribution is 2.13. The van der Waals surface area contributed by atoms with Crippen LogP contribution in [0, 0.1) is 6.42 Å². The van der Waals surface area contributed by atoms with E-state index in [9.17, 15) is 0 Å². The molecule has 0 bridgehead atoms. The van der Waals surface area contributed by atoms with Gasteiger partial charge in [-0.2, -0.15) is 0 Å². The van der Waals surface area contributed by atoms with Gasteiger partial charge >= 0.3 is 0 Å². The van der Waals surface area contributed by atoms with Gasteiger partial charge in [0.25, 0.3) is 0 Å². The third-order valence-electron chi connectivity index (χ3n) is 3.74. The summed E-state index contributed by atoms with van der Waals surface area (Å²) in [5, 5.41) is 0. The maximum absolute atomic E-state index is 2.37. The molecule has 107 valence electrons. The average molecular weight is 259 g/mol. The van der Waals surface area contributed by atoms with E-state index in [2.05, 4.69) is 43.7 Å². The Bertz CT molecular complexity index is 275. The summed E-state index contributed by atoms with van der Waals surface area (Å²) in [6.07, 6.45) is 17.8. The van der Waals surface area contributed by atoms with Crippen molar-refractivity contribution in [2.24, 2.45) is 0 Å². The first-order valence-corrected chi connectivity index (χ1v) is 8.31. The van der Waals surface area contributed by atoms with Gasteiger partial charge in [0.1, 0.15) is 0 Å². The van der Waals surface area contributed by atoms with Crippen molar-refractivity contribution in [3.8, 4) is 0 Å². The molecule has 0 N–H and O–H groups in total. The van der Waals surface area contributed by atoms with E-state index in [4.69, 9.17) is 0 Å². The summed E-state index contributed by atoms with van der Waals surface area (Å²) in [6, 6.07) is 10.7. The molecule has 0 nitrogen and oxygen atoms in total. The Morgan fingerprint density at radius 3 is 1.79 bits per heavy atom. The van der Waals surface area contributed by atoms with Gasteiger partial charge in [0.15, 0.2) is 0 Å². The van der Waals surface area contributed by atoms with Gasteiger partial charge in [0.2, 0.25) is 0 Å². The molecule has 0 unspecified atom stereocenters. The molecular weight excluding hydrogens is 228 g/mol. The maximum Gasteiger partial charge on any atom is -0.00931 e. The third kappa shape index (κ3) is 9.76. The van der Waals surface area contributed by atoms with Gasteiger partial charge in [-0.15, -0.1) is 0 Å². The van der Waals surface area contributed by atoms with Crippen LogP contribution in [0.2, 0.25) is 0 Å². The van der Waals surface area contributed by atoms with Crippen LogP contribution in [-0.2, 0) is 0 Å². The molecule has 0 heteroatoms. The highest BCUT2D eigenvalue weighted by molar-refractivity contribution is 5.21. The van der Waals surface area contributed by atoms with Crippen LogP contribution in [0.1, 0.15) is 83.1 Å². The van der Waals surface area contributed by atoms with Crippen LogP contribution in [0.5, 0.6) is 0 Å². The molecule has 0 aliphatic carbocycles. The van der Waals surface area contributed by atoms with Crippen molar-refractivity contribution >= 4 is 0 Å². The maximum atomic E-state index is 2.37. The lowest BCUT2D eigenvalue weighted by Crippen LogP contribution is -1.84. The predicted octanol–water partition coefficient (Wildman–Crippen LogP) is 6.55. The molecule has 0 saturated carbocycles. The molecule has 0 atom stereocenters. The fraction of sp³-hybridized carbons (Fsp3) is 0.632. The Hall–Kier alpha value is -0.780. The summed E-state index contributed by atoms with van der Waals surface area (Å²) in [6.45, 7) is 2.28. The van der Waals surface area contributed by atoms with Crippen LogP contribution in [0.25, 0.3) is 0 Å². The fourth-order valence-electron chi connectivity index (χ4n) is 2.49. The van der Waals surface area contributed by atoms with Crippen LogP contribution in [-0.4, -0.2) is 0 Å². The van der Waals surface area contributed by atoms with Gasteiger partial charge in [-0.25, -0.2) is 0 Å². The normalized spacial score (nSPS) is 10.8. The Kier molecular flexibility index (Phi) is 10.5. The first-order valence-electron chi connectivity index (χ1n) is 8.31. The lowest BCUT2D eigenvalue weighted by molar-refractivity contribution is 0.556. The molecule has 0 amide bonds. The molecule has 0 fully saturated rings. The minimum atomic E-state index is 1.24. The first kappa shape index (κ1) is 16.3. The molecule has 0 aliphatic rings. The minimum absolute atomic E-state index is 1.24. The van der Waals surface area contributed by atoms with E-state index in [0.717, 1.165) is 0 Å². The van der Waals surface area contributed by atoms with E-state index >= 15 is 0 Å². The summed E-state index contributed by atoms with van der Waals surface area (Å²) in [7, 11) is 0. The van der Waals surface area contributed by atoms with Crippen molar-refractivity contribution in [3.05, 3.63) is 42.3 Å². The SMILES string of the molecule is CCCCCCCCCCCC[CH]c1ccccc1. The fourth-order valence-corrected chi connectivity index (χ4v) is 2.49. The van der Waals surface area contributed by atoms with Gasteiger partial charge in [-0.3, -0.25) is 0 Å². The van der Waals surface area contributed by atoms with Crippen molar-refractivity contribution in [2.45, 2.75) is 77.6 Å². The van der Waals surface area contributed by atoms with Gasteiger partial charge in [-0.05, 0) is 18.4 Å². The van der Waals surface area contributed by atoms with E-state index in [0.29, 0.717) is 0 Å². The molecule has 1 aromatic carbocycles. The molecule has 1 radical (unpaired) electrons. The molecule has 1 rings (SSSR count). The second-order valence-corrected chi connectivity index (χ2v) is 5.59. The summed E-state index contributed by atoms with van der Waals surface area (Å²) >= 11 is 0. The molecule has 0 saturated heterocycles. The highest BCUT2D eigenvalue weighted by Gasteiger charge is 1.94. The van der Waals surface area contributed by atoms with Crippen molar-refractivity contribution < 1.29 is 0 Å². The summed E-state index contributed by atoms with van der Waals surface area (Å²) < 4.78 is 0. The van der Waals surface area contributed by atoms with E-state index in [1.54, 1.807) is 0 Å². The predicted molar refractivity (Wildman–Crippen MR) is 86.3 cm³/mol. The summed E-state index contributed by atoms with van der Waals surface area (Å²) in [5.41, 5.74) is 1.37. The topological polar surface area (TPSA) is 0 Å². The van der Waals surface area contributed by atoms with Gasteiger partial charge in [0, 0.05) is 0 Å². The average Bonchev–Trinajstić information content (AvgIpc) is 2.46. The Morgan fingerprint density at radius 2 is 1.21 bits per heavy atom. The van der Waals surface area contributed by atoms with Gasteiger partial charge in [0.05, 0.1) is 0 Å². The number of rotatable bonds is 12. The number of benzene rings is 1. The Balaban J connectivity index is 1.79. The lowest BCUT2D eigenvalue weighted by Gasteiger charge is -2.03. The highest BCUT2D eigenvalue weighted by atomic mass is 14.0. The van der Waals surface area contributed by atoms with Crippen LogP contribution in [0.3, 0.4) is 0 Å². The van der Waals surface area contributed by atoms with E-state index in [1.165, 1.54) is 76.2 Å². The summed E-state index contributed by atoms with van der Waals surface area (Å²) in [4.78, 5) is 0. The van der Waals surface area contributed by atoms with Crippen LogP contribution in [0.4, 0.5) is 0 Å². The smallest absolute Gasteiger partial charge is 0.00931 e. The number of hydrogen-bond acceptors (Lipinski definition) is 0. The monoisotopic (exact) mass is 259 g/mol. The third-order valence-corrected chi connectivity index (χ3v) is 3.74. The Labute approximate surface area is 120 Å². The van der Waals surface area contributed by atoms with Crippen molar-refractivity contribution in [3.63, 3.8) is 0 Å². The molecule has 19 heavy (non-hydrogen) atoms. The molecule has 0 heterocycles. The van der Waals surface area contributed by atoms with Crippen LogP contribution < -0.4 is 0 Å². The standard InChI is InChI=1S/C19H31/c1-2-3-4-5-6-7-8-9-10-11-13-16-19-17-14-12-15-18-19/h12,14-18H,2-11,13H2,1H3. The number of unbranched alkanes of at least 4 members (excludes halogenated alkanes) is 10. The molecule has 0 aliphatic heterocycles. The first-order chi connectivity index (χ1) is 9.43.